The highest BCUT2D eigenvalue weighted by atomic mass is 16.6. The number of hydrogen-bond acceptors (Lipinski definition) is 3. The summed E-state index contributed by atoms with van der Waals surface area (Å²) in [6, 6.07) is 15.5. The number of benzene rings is 2. The minimum Gasteiger partial charge on any atom is -0.486 e. The number of hydrogen-bond donors (Lipinski definition) is 1. The molecule has 22 heavy (non-hydrogen) atoms. The normalized spacial score (nSPS) is 16.1. The average Bonchev–Trinajstić information content (AvgIpc) is 2.55. The topological polar surface area (TPSA) is 47.6 Å². The molecular formula is C18H19NO3. The van der Waals surface area contributed by atoms with E-state index < -0.39 is 0 Å². The first kappa shape index (κ1) is 14.4. The Balaban J connectivity index is 1.49. The minimum absolute atomic E-state index is 0.00804. The lowest BCUT2D eigenvalue weighted by atomic mass is 10.1. The van der Waals surface area contributed by atoms with Gasteiger partial charge in [-0.3, -0.25) is 4.79 Å². The van der Waals surface area contributed by atoms with Gasteiger partial charge in [0.25, 0.3) is 0 Å². The Morgan fingerprint density at radius 2 is 1.86 bits per heavy atom. The minimum atomic E-state index is -0.156. The summed E-state index contributed by atoms with van der Waals surface area (Å²) >= 11 is 0. The maximum Gasteiger partial charge on any atom is 0.224 e. The Morgan fingerprint density at radius 3 is 2.64 bits per heavy atom. The maximum absolute atomic E-state index is 12.0. The Kier molecular flexibility index (Phi) is 4.28. The van der Waals surface area contributed by atoms with E-state index in [1.807, 2.05) is 55.5 Å². The maximum atomic E-state index is 12.0. The monoisotopic (exact) mass is 297 g/mol. The van der Waals surface area contributed by atoms with Gasteiger partial charge in [-0.25, -0.2) is 0 Å². The smallest absolute Gasteiger partial charge is 0.224 e. The molecule has 1 atom stereocenters. The van der Waals surface area contributed by atoms with E-state index >= 15 is 0 Å². The van der Waals surface area contributed by atoms with Gasteiger partial charge in [0.05, 0.1) is 13.0 Å². The standard InChI is InChI=1S/C18H19NO3/c1-13-6-8-14(9-7-13)10-18(20)19-11-15-12-21-16-4-2-3-5-17(16)22-15/h2-9,15H,10-12H2,1H3,(H,19,20). The first-order chi connectivity index (χ1) is 10.7. The van der Waals surface area contributed by atoms with Crippen molar-refractivity contribution in [2.45, 2.75) is 19.4 Å². The molecule has 0 spiro atoms. The van der Waals surface area contributed by atoms with Gasteiger partial charge in [0.15, 0.2) is 11.5 Å². The van der Waals surface area contributed by atoms with E-state index in [1.54, 1.807) is 0 Å². The summed E-state index contributed by atoms with van der Waals surface area (Å²) in [5, 5.41) is 2.90. The third-order valence-electron chi connectivity index (χ3n) is 3.58. The van der Waals surface area contributed by atoms with Gasteiger partial charge in [-0.05, 0) is 24.6 Å². The third kappa shape index (κ3) is 3.58. The number of para-hydroxylation sites is 2. The Labute approximate surface area is 130 Å². The predicted octanol–water partition coefficient (Wildman–Crippen LogP) is 2.49. The van der Waals surface area contributed by atoms with Crippen molar-refractivity contribution in [3.05, 3.63) is 59.7 Å². The second kappa shape index (κ2) is 6.52. The van der Waals surface area contributed by atoms with E-state index in [0.29, 0.717) is 19.6 Å². The van der Waals surface area contributed by atoms with Crippen molar-refractivity contribution in [1.82, 2.24) is 5.32 Å². The van der Waals surface area contributed by atoms with Crippen LogP contribution >= 0.6 is 0 Å². The summed E-state index contributed by atoms with van der Waals surface area (Å²) in [4.78, 5) is 12.0. The zero-order chi connectivity index (χ0) is 15.4. The number of aryl methyl sites for hydroxylation is 1. The molecule has 1 amide bonds. The second-order valence-electron chi connectivity index (χ2n) is 5.46. The van der Waals surface area contributed by atoms with Crippen molar-refractivity contribution in [1.29, 1.82) is 0 Å². The molecule has 1 N–H and O–H groups in total. The van der Waals surface area contributed by atoms with E-state index in [4.69, 9.17) is 9.47 Å². The Bertz CT molecular complexity index is 652. The molecule has 0 fully saturated rings. The number of fused-ring (bicyclic) bond motifs is 1. The number of nitrogens with one attached hydrogen (secondary N) is 1. The molecular weight excluding hydrogens is 278 g/mol. The molecule has 1 aliphatic heterocycles. The summed E-state index contributed by atoms with van der Waals surface area (Å²) in [6.07, 6.45) is 0.224. The van der Waals surface area contributed by atoms with Crippen LogP contribution in [0.1, 0.15) is 11.1 Å². The van der Waals surface area contributed by atoms with Crippen LogP contribution in [0.25, 0.3) is 0 Å². The summed E-state index contributed by atoms with van der Waals surface area (Å²) in [5.41, 5.74) is 2.20. The molecule has 0 aromatic heterocycles. The van der Waals surface area contributed by atoms with Crippen LogP contribution in [0.4, 0.5) is 0 Å². The van der Waals surface area contributed by atoms with Gasteiger partial charge < -0.3 is 14.8 Å². The molecule has 1 heterocycles. The molecule has 0 saturated carbocycles. The Hall–Kier alpha value is -2.49. The average molecular weight is 297 g/mol. The molecule has 2 aromatic carbocycles. The summed E-state index contributed by atoms with van der Waals surface area (Å²) in [7, 11) is 0. The van der Waals surface area contributed by atoms with Crippen LogP contribution in [0.2, 0.25) is 0 Å². The van der Waals surface area contributed by atoms with E-state index in [2.05, 4.69) is 5.32 Å². The van der Waals surface area contributed by atoms with E-state index in [9.17, 15) is 4.79 Å². The fourth-order valence-corrected chi connectivity index (χ4v) is 2.35. The molecule has 2 aromatic rings. The molecule has 114 valence electrons. The number of ether oxygens (including phenoxy) is 2. The molecule has 4 heteroatoms. The number of rotatable bonds is 4. The van der Waals surface area contributed by atoms with Crippen molar-refractivity contribution in [3.8, 4) is 11.5 Å². The van der Waals surface area contributed by atoms with Crippen molar-refractivity contribution in [3.63, 3.8) is 0 Å². The van der Waals surface area contributed by atoms with Crippen molar-refractivity contribution in [2.75, 3.05) is 13.2 Å². The highest BCUT2D eigenvalue weighted by Crippen LogP contribution is 2.30. The van der Waals surface area contributed by atoms with Crippen LogP contribution in [-0.4, -0.2) is 25.2 Å². The number of carbonyl (C=O) groups excluding carboxylic acids is 1. The molecule has 4 nitrogen and oxygen atoms in total. The number of amides is 1. The Morgan fingerprint density at radius 1 is 1.14 bits per heavy atom. The van der Waals surface area contributed by atoms with Crippen LogP contribution in [0, 0.1) is 6.92 Å². The van der Waals surface area contributed by atoms with Gasteiger partial charge in [-0.1, -0.05) is 42.0 Å². The van der Waals surface area contributed by atoms with Gasteiger partial charge in [0.1, 0.15) is 12.7 Å². The molecule has 1 unspecified atom stereocenters. The van der Waals surface area contributed by atoms with Gasteiger partial charge in [0, 0.05) is 0 Å². The van der Waals surface area contributed by atoms with Crippen LogP contribution < -0.4 is 14.8 Å². The van der Waals surface area contributed by atoms with E-state index in [-0.39, 0.29) is 12.0 Å². The quantitative estimate of drug-likeness (QED) is 0.943. The molecule has 0 bridgehead atoms. The second-order valence-corrected chi connectivity index (χ2v) is 5.46. The highest BCUT2D eigenvalue weighted by Gasteiger charge is 2.20. The van der Waals surface area contributed by atoms with Crippen LogP contribution in [-0.2, 0) is 11.2 Å². The van der Waals surface area contributed by atoms with Gasteiger partial charge in [-0.15, -0.1) is 0 Å². The zero-order valence-corrected chi connectivity index (χ0v) is 12.5. The fourth-order valence-electron chi connectivity index (χ4n) is 2.35. The summed E-state index contributed by atoms with van der Waals surface area (Å²) in [5.74, 6) is 1.47. The van der Waals surface area contributed by atoms with Crippen molar-refractivity contribution in [2.24, 2.45) is 0 Å². The molecule has 1 aliphatic rings. The number of carbonyl (C=O) groups is 1. The third-order valence-corrected chi connectivity index (χ3v) is 3.58. The lowest BCUT2D eigenvalue weighted by Gasteiger charge is -2.26. The van der Waals surface area contributed by atoms with Gasteiger partial charge in [0.2, 0.25) is 5.91 Å². The molecule has 0 aliphatic carbocycles. The largest absolute Gasteiger partial charge is 0.486 e. The van der Waals surface area contributed by atoms with Crippen molar-refractivity contribution >= 4 is 5.91 Å². The van der Waals surface area contributed by atoms with Crippen LogP contribution in [0.3, 0.4) is 0 Å². The first-order valence-electron chi connectivity index (χ1n) is 7.41. The van der Waals surface area contributed by atoms with Crippen LogP contribution in [0.5, 0.6) is 11.5 Å². The van der Waals surface area contributed by atoms with Crippen LogP contribution in [0.15, 0.2) is 48.5 Å². The van der Waals surface area contributed by atoms with Gasteiger partial charge >= 0.3 is 0 Å². The lowest BCUT2D eigenvalue weighted by Crippen LogP contribution is -2.41. The van der Waals surface area contributed by atoms with Crippen molar-refractivity contribution < 1.29 is 14.3 Å². The summed E-state index contributed by atoms with van der Waals surface area (Å²) < 4.78 is 11.4. The fraction of sp³-hybridized carbons (Fsp3) is 0.278. The zero-order valence-electron chi connectivity index (χ0n) is 12.5. The lowest BCUT2D eigenvalue weighted by molar-refractivity contribution is -0.120. The van der Waals surface area contributed by atoms with E-state index in [1.165, 1.54) is 5.56 Å². The predicted molar refractivity (Wildman–Crippen MR) is 84.2 cm³/mol. The van der Waals surface area contributed by atoms with Gasteiger partial charge in [-0.2, -0.15) is 0 Å². The molecule has 3 rings (SSSR count). The SMILES string of the molecule is Cc1ccc(CC(=O)NCC2COc3ccccc3O2)cc1. The summed E-state index contributed by atoms with van der Waals surface area (Å²) in [6.45, 7) is 2.92. The highest BCUT2D eigenvalue weighted by molar-refractivity contribution is 5.78. The van der Waals surface area contributed by atoms with E-state index in [0.717, 1.165) is 17.1 Å². The first-order valence-corrected chi connectivity index (χ1v) is 7.41. The molecule has 0 saturated heterocycles. The molecule has 0 radical (unpaired) electrons.